The molecule has 3 rings (SSSR count). The number of nitrogens with one attached hydrogen (secondary N) is 1. The number of aryl methyl sites for hydroxylation is 3. The van der Waals surface area contributed by atoms with Gasteiger partial charge in [0.2, 0.25) is 0 Å². The molecule has 2 heteroatoms. The zero-order chi connectivity index (χ0) is 14.3. The summed E-state index contributed by atoms with van der Waals surface area (Å²) in [4.78, 5) is 2.50. The van der Waals surface area contributed by atoms with Crippen molar-refractivity contribution in [1.82, 2.24) is 0 Å². The van der Waals surface area contributed by atoms with Gasteiger partial charge in [-0.1, -0.05) is 29.8 Å². The van der Waals surface area contributed by atoms with Crippen LogP contribution in [-0.2, 0) is 13.1 Å². The number of hydrogen-bond acceptors (Lipinski definition) is 2. The lowest BCUT2D eigenvalue weighted by atomic mass is 10.0. The molecule has 0 unspecified atom stereocenters. The van der Waals surface area contributed by atoms with E-state index in [9.17, 15) is 0 Å². The lowest BCUT2D eigenvalue weighted by Gasteiger charge is -2.23. The van der Waals surface area contributed by atoms with Crippen LogP contribution in [-0.4, -0.2) is 7.05 Å². The minimum atomic E-state index is 0.997. The lowest BCUT2D eigenvalue weighted by Crippen LogP contribution is -2.17. The first kappa shape index (κ1) is 13.0. The van der Waals surface area contributed by atoms with Crippen LogP contribution >= 0.6 is 0 Å². The smallest absolute Gasteiger partial charge is 0.0457 e. The van der Waals surface area contributed by atoms with Crippen molar-refractivity contribution in [1.29, 1.82) is 0 Å². The van der Waals surface area contributed by atoms with Gasteiger partial charge in [-0.2, -0.15) is 0 Å². The minimum absolute atomic E-state index is 0.997. The lowest BCUT2D eigenvalue weighted by molar-refractivity contribution is 0.869. The molecule has 1 N–H and O–H groups in total. The topological polar surface area (TPSA) is 15.3 Å². The third-order valence-electron chi connectivity index (χ3n) is 4.20. The van der Waals surface area contributed by atoms with Crippen LogP contribution in [0.15, 0.2) is 30.3 Å². The molecular formula is C18H22N2. The van der Waals surface area contributed by atoms with Gasteiger partial charge in [0, 0.05) is 31.5 Å². The standard InChI is InChI=1S/C18H22N2/c1-12-8-13(2)18(14(3)9-12)20-10-15-6-5-7-17(19-4)16(15)11-20/h5-9,19H,10-11H2,1-4H3. The Labute approximate surface area is 121 Å². The molecule has 2 aromatic carbocycles. The zero-order valence-electron chi connectivity index (χ0n) is 12.7. The largest absolute Gasteiger partial charge is 0.388 e. The molecule has 1 aliphatic heterocycles. The van der Waals surface area contributed by atoms with Crippen LogP contribution in [0.4, 0.5) is 11.4 Å². The minimum Gasteiger partial charge on any atom is -0.388 e. The Kier molecular flexibility index (Phi) is 3.17. The van der Waals surface area contributed by atoms with Crippen LogP contribution in [0.25, 0.3) is 0 Å². The number of fused-ring (bicyclic) bond motifs is 1. The second kappa shape index (κ2) is 4.86. The van der Waals surface area contributed by atoms with Crippen LogP contribution in [0, 0.1) is 20.8 Å². The van der Waals surface area contributed by atoms with E-state index in [2.05, 4.69) is 61.3 Å². The molecule has 0 saturated heterocycles. The third kappa shape index (κ3) is 2.05. The highest BCUT2D eigenvalue weighted by Crippen LogP contribution is 2.36. The van der Waals surface area contributed by atoms with Crippen LogP contribution < -0.4 is 10.2 Å². The summed E-state index contributed by atoms with van der Waals surface area (Å²) in [5, 5.41) is 3.31. The zero-order valence-corrected chi connectivity index (χ0v) is 12.7. The van der Waals surface area contributed by atoms with Gasteiger partial charge in [0.15, 0.2) is 0 Å². The Hall–Kier alpha value is -1.96. The maximum absolute atomic E-state index is 3.31. The van der Waals surface area contributed by atoms with E-state index in [0.717, 1.165) is 13.1 Å². The second-order valence-corrected chi connectivity index (χ2v) is 5.80. The number of anilines is 2. The van der Waals surface area contributed by atoms with Crippen molar-refractivity contribution in [2.45, 2.75) is 33.9 Å². The van der Waals surface area contributed by atoms with E-state index < -0.39 is 0 Å². The molecule has 0 amide bonds. The van der Waals surface area contributed by atoms with Crippen molar-refractivity contribution in [2.75, 3.05) is 17.3 Å². The number of hydrogen-bond donors (Lipinski definition) is 1. The van der Waals surface area contributed by atoms with Crippen molar-refractivity contribution in [3.63, 3.8) is 0 Å². The molecule has 0 saturated carbocycles. The van der Waals surface area contributed by atoms with Gasteiger partial charge in [0.25, 0.3) is 0 Å². The fraction of sp³-hybridized carbons (Fsp3) is 0.333. The van der Waals surface area contributed by atoms with E-state index in [0.29, 0.717) is 0 Å². The molecule has 0 aliphatic carbocycles. The normalized spacial score (nSPS) is 13.5. The number of benzene rings is 2. The Balaban J connectivity index is 2.00. The Morgan fingerprint density at radius 2 is 1.70 bits per heavy atom. The predicted molar refractivity (Wildman–Crippen MR) is 86.5 cm³/mol. The summed E-state index contributed by atoms with van der Waals surface area (Å²) in [7, 11) is 2.00. The first-order valence-corrected chi connectivity index (χ1v) is 7.21. The first-order valence-electron chi connectivity index (χ1n) is 7.21. The van der Waals surface area contributed by atoms with Gasteiger partial charge in [-0.3, -0.25) is 0 Å². The molecule has 0 aromatic heterocycles. The van der Waals surface area contributed by atoms with E-state index in [1.54, 1.807) is 0 Å². The van der Waals surface area contributed by atoms with Gasteiger partial charge in [0.05, 0.1) is 0 Å². The molecule has 1 heterocycles. The van der Waals surface area contributed by atoms with Crippen LogP contribution in [0.5, 0.6) is 0 Å². The van der Waals surface area contributed by atoms with Crippen molar-refractivity contribution in [3.05, 3.63) is 58.1 Å². The maximum atomic E-state index is 3.31. The predicted octanol–water partition coefficient (Wildman–Crippen LogP) is 4.17. The summed E-state index contributed by atoms with van der Waals surface area (Å²) in [6.45, 7) is 8.61. The average Bonchev–Trinajstić information content (AvgIpc) is 2.80. The van der Waals surface area contributed by atoms with Crippen LogP contribution in [0.2, 0.25) is 0 Å². The quantitative estimate of drug-likeness (QED) is 0.877. The number of rotatable bonds is 2. The highest BCUT2D eigenvalue weighted by molar-refractivity contribution is 5.66. The van der Waals surface area contributed by atoms with E-state index in [4.69, 9.17) is 0 Å². The summed E-state index contributed by atoms with van der Waals surface area (Å²) >= 11 is 0. The summed E-state index contributed by atoms with van der Waals surface area (Å²) in [6.07, 6.45) is 0. The highest BCUT2D eigenvalue weighted by atomic mass is 15.2. The van der Waals surface area contributed by atoms with E-state index in [-0.39, 0.29) is 0 Å². The van der Waals surface area contributed by atoms with Crippen LogP contribution in [0.3, 0.4) is 0 Å². The van der Waals surface area contributed by atoms with Crippen molar-refractivity contribution in [2.24, 2.45) is 0 Å². The molecule has 104 valence electrons. The van der Waals surface area contributed by atoms with E-state index in [1.807, 2.05) is 7.05 Å². The molecular weight excluding hydrogens is 244 g/mol. The van der Waals surface area contributed by atoms with Gasteiger partial charge in [-0.05, 0) is 49.1 Å². The SMILES string of the molecule is CNc1cccc2c1CN(c1c(C)cc(C)cc1C)C2. The van der Waals surface area contributed by atoms with Gasteiger partial charge in [0.1, 0.15) is 0 Å². The fourth-order valence-corrected chi connectivity index (χ4v) is 3.49. The fourth-order valence-electron chi connectivity index (χ4n) is 3.49. The molecule has 2 nitrogen and oxygen atoms in total. The molecule has 0 radical (unpaired) electrons. The van der Waals surface area contributed by atoms with Crippen LogP contribution in [0.1, 0.15) is 27.8 Å². The molecule has 0 spiro atoms. The van der Waals surface area contributed by atoms with Gasteiger partial charge < -0.3 is 10.2 Å². The summed E-state index contributed by atoms with van der Waals surface area (Å²) in [5.41, 5.74) is 9.63. The van der Waals surface area contributed by atoms with Crippen molar-refractivity contribution >= 4 is 11.4 Å². The molecule has 0 bridgehead atoms. The maximum Gasteiger partial charge on any atom is 0.0457 e. The molecule has 1 aliphatic rings. The van der Waals surface area contributed by atoms with Gasteiger partial charge in [-0.15, -0.1) is 0 Å². The van der Waals surface area contributed by atoms with E-state index >= 15 is 0 Å². The molecule has 2 aromatic rings. The number of nitrogens with zero attached hydrogens (tertiary/aromatic N) is 1. The van der Waals surface area contributed by atoms with E-state index in [1.165, 1.54) is 39.2 Å². The summed E-state index contributed by atoms with van der Waals surface area (Å²) in [6, 6.07) is 11.1. The highest BCUT2D eigenvalue weighted by Gasteiger charge is 2.23. The second-order valence-electron chi connectivity index (χ2n) is 5.80. The summed E-state index contributed by atoms with van der Waals surface area (Å²) in [5.74, 6) is 0. The summed E-state index contributed by atoms with van der Waals surface area (Å²) < 4.78 is 0. The Morgan fingerprint density at radius 3 is 2.35 bits per heavy atom. The average molecular weight is 266 g/mol. The Morgan fingerprint density at radius 1 is 1.00 bits per heavy atom. The third-order valence-corrected chi connectivity index (χ3v) is 4.20. The molecule has 20 heavy (non-hydrogen) atoms. The van der Waals surface area contributed by atoms with Crippen molar-refractivity contribution in [3.8, 4) is 0 Å². The Bertz CT molecular complexity index is 635. The van der Waals surface area contributed by atoms with Gasteiger partial charge >= 0.3 is 0 Å². The van der Waals surface area contributed by atoms with Crippen molar-refractivity contribution < 1.29 is 0 Å². The molecule has 0 atom stereocenters. The monoisotopic (exact) mass is 266 g/mol. The first-order chi connectivity index (χ1) is 9.60. The molecule has 0 fully saturated rings. The van der Waals surface area contributed by atoms with Gasteiger partial charge in [-0.25, -0.2) is 0 Å².